The van der Waals surface area contributed by atoms with E-state index in [4.69, 9.17) is 0 Å². The van der Waals surface area contributed by atoms with Crippen molar-refractivity contribution >= 4 is 18.4 Å². The third-order valence-corrected chi connectivity index (χ3v) is 3.42. The Hall–Kier alpha value is -1.66. The zero-order chi connectivity index (χ0) is 13.1. The van der Waals surface area contributed by atoms with E-state index in [0.717, 1.165) is 44.2 Å². The predicted octanol–water partition coefficient (Wildman–Crippen LogP) is 1.06. The fraction of sp³-hybridized carbons (Fsp3) is 0.462. The summed E-state index contributed by atoms with van der Waals surface area (Å²) >= 11 is 0. The zero-order valence-electron chi connectivity index (χ0n) is 11.5. The zero-order valence-corrected chi connectivity index (χ0v) is 12.3. The van der Waals surface area contributed by atoms with Crippen LogP contribution in [0.15, 0.2) is 24.3 Å². The van der Waals surface area contributed by atoms with Crippen LogP contribution in [0.25, 0.3) is 5.69 Å². The Balaban J connectivity index is 0.00000147. The van der Waals surface area contributed by atoms with Gasteiger partial charge in [0, 0.05) is 26.2 Å². The summed E-state index contributed by atoms with van der Waals surface area (Å²) in [4.78, 5) is 2.22. The minimum Gasteiger partial charge on any atom is -0.337 e. The van der Waals surface area contributed by atoms with Crippen molar-refractivity contribution in [2.45, 2.75) is 13.3 Å². The van der Waals surface area contributed by atoms with Gasteiger partial charge >= 0.3 is 0 Å². The van der Waals surface area contributed by atoms with E-state index in [9.17, 15) is 0 Å². The number of rotatable bonds is 3. The number of aromatic nitrogens is 4. The molecule has 108 valence electrons. The summed E-state index contributed by atoms with van der Waals surface area (Å²) in [6.07, 6.45) is 1.01. The first-order chi connectivity index (χ1) is 9.38. The number of nitrogens with zero attached hydrogens (tertiary/aromatic N) is 5. The summed E-state index contributed by atoms with van der Waals surface area (Å²) in [6.45, 7) is 5.97. The van der Waals surface area contributed by atoms with Gasteiger partial charge in [0.1, 0.15) is 0 Å². The molecule has 1 aromatic heterocycles. The molecule has 0 aliphatic carbocycles. The lowest BCUT2D eigenvalue weighted by atomic mass is 10.1. The van der Waals surface area contributed by atoms with E-state index >= 15 is 0 Å². The van der Waals surface area contributed by atoms with Gasteiger partial charge in [0.2, 0.25) is 5.95 Å². The van der Waals surface area contributed by atoms with Crippen LogP contribution in [0.3, 0.4) is 0 Å². The molecule has 1 fully saturated rings. The van der Waals surface area contributed by atoms with Crippen LogP contribution in [0.5, 0.6) is 0 Å². The Bertz CT molecular complexity index is 549. The van der Waals surface area contributed by atoms with Crippen LogP contribution in [0, 0.1) is 0 Å². The molecule has 1 N–H and O–H groups in total. The van der Waals surface area contributed by atoms with Crippen molar-refractivity contribution in [3.8, 4) is 5.69 Å². The Kier molecular flexibility index (Phi) is 4.92. The normalized spacial score (nSPS) is 14.9. The van der Waals surface area contributed by atoms with Gasteiger partial charge < -0.3 is 10.2 Å². The molecule has 2 heterocycles. The maximum atomic E-state index is 4.17. The standard InChI is InChI=1S/C13H18N6.ClH/c1-2-11-4-3-5-12(10-11)19-13(15-16-17-19)18-8-6-14-7-9-18;/h3-5,10,14H,2,6-9H2,1H3;1H. The summed E-state index contributed by atoms with van der Waals surface area (Å²) < 4.78 is 1.82. The molecule has 0 atom stereocenters. The Labute approximate surface area is 124 Å². The molecule has 0 bridgehead atoms. The number of hydrogen-bond donors (Lipinski definition) is 1. The van der Waals surface area contributed by atoms with E-state index in [-0.39, 0.29) is 12.4 Å². The first-order valence-corrected chi connectivity index (χ1v) is 6.72. The van der Waals surface area contributed by atoms with Crippen LogP contribution in [-0.4, -0.2) is 46.4 Å². The largest absolute Gasteiger partial charge is 0.337 e. The van der Waals surface area contributed by atoms with Crippen LogP contribution >= 0.6 is 12.4 Å². The van der Waals surface area contributed by atoms with E-state index in [2.05, 4.69) is 50.9 Å². The lowest BCUT2D eigenvalue weighted by Gasteiger charge is -2.27. The lowest BCUT2D eigenvalue weighted by Crippen LogP contribution is -2.44. The number of aryl methyl sites for hydroxylation is 1. The summed E-state index contributed by atoms with van der Waals surface area (Å²) in [7, 11) is 0. The van der Waals surface area contributed by atoms with E-state index in [1.165, 1.54) is 5.56 Å². The van der Waals surface area contributed by atoms with Gasteiger partial charge in [0.05, 0.1) is 5.69 Å². The van der Waals surface area contributed by atoms with Gasteiger partial charge in [-0.25, -0.2) is 0 Å². The minimum absolute atomic E-state index is 0. The molecule has 1 aromatic carbocycles. The SMILES string of the molecule is CCc1cccc(-n2nnnc2N2CCNCC2)c1.Cl. The molecular formula is C13H19ClN6. The smallest absolute Gasteiger partial charge is 0.250 e. The highest BCUT2D eigenvalue weighted by Gasteiger charge is 2.18. The number of nitrogens with one attached hydrogen (secondary N) is 1. The Morgan fingerprint density at radius 3 is 2.80 bits per heavy atom. The second-order valence-electron chi connectivity index (χ2n) is 4.65. The molecular weight excluding hydrogens is 276 g/mol. The number of benzene rings is 1. The summed E-state index contributed by atoms with van der Waals surface area (Å²) in [5, 5.41) is 15.5. The van der Waals surface area contributed by atoms with Crippen LogP contribution in [-0.2, 0) is 6.42 Å². The van der Waals surface area contributed by atoms with Gasteiger partial charge in [-0.05, 0) is 34.5 Å². The van der Waals surface area contributed by atoms with Crippen molar-refractivity contribution in [3.05, 3.63) is 29.8 Å². The van der Waals surface area contributed by atoms with Crippen LogP contribution in [0.2, 0.25) is 0 Å². The second-order valence-corrected chi connectivity index (χ2v) is 4.65. The highest BCUT2D eigenvalue weighted by Crippen LogP contribution is 2.17. The maximum absolute atomic E-state index is 4.17. The molecule has 1 aliphatic heterocycles. The third-order valence-electron chi connectivity index (χ3n) is 3.42. The average molecular weight is 295 g/mol. The van der Waals surface area contributed by atoms with Gasteiger partial charge in [-0.2, -0.15) is 4.68 Å². The molecule has 1 aliphatic rings. The predicted molar refractivity (Wildman–Crippen MR) is 80.9 cm³/mol. The molecule has 0 unspecified atom stereocenters. The van der Waals surface area contributed by atoms with Gasteiger partial charge in [0.15, 0.2) is 0 Å². The highest BCUT2D eigenvalue weighted by molar-refractivity contribution is 5.85. The summed E-state index contributed by atoms with van der Waals surface area (Å²) in [5.41, 5.74) is 2.32. The Morgan fingerprint density at radius 2 is 2.05 bits per heavy atom. The Morgan fingerprint density at radius 1 is 1.25 bits per heavy atom. The average Bonchev–Trinajstić information content (AvgIpc) is 2.98. The number of halogens is 1. The van der Waals surface area contributed by atoms with E-state index in [1.54, 1.807) is 0 Å². The number of piperazine rings is 1. The van der Waals surface area contributed by atoms with Crippen LogP contribution in [0.4, 0.5) is 5.95 Å². The van der Waals surface area contributed by atoms with Gasteiger partial charge in [-0.15, -0.1) is 12.4 Å². The molecule has 1 saturated heterocycles. The van der Waals surface area contributed by atoms with Crippen molar-refractivity contribution in [2.24, 2.45) is 0 Å². The highest BCUT2D eigenvalue weighted by atomic mass is 35.5. The second kappa shape index (κ2) is 6.67. The molecule has 0 spiro atoms. The summed E-state index contributed by atoms with van der Waals surface area (Å²) in [5.74, 6) is 0.828. The van der Waals surface area contributed by atoms with Gasteiger partial charge in [-0.3, -0.25) is 0 Å². The molecule has 0 radical (unpaired) electrons. The van der Waals surface area contributed by atoms with Crippen LogP contribution < -0.4 is 10.2 Å². The van der Waals surface area contributed by atoms with E-state index in [1.807, 2.05) is 10.7 Å². The molecule has 2 aromatic rings. The number of hydrogen-bond acceptors (Lipinski definition) is 5. The molecule has 20 heavy (non-hydrogen) atoms. The maximum Gasteiger partial charge on any atom is 0.250 e. The number of tetrazole rings is 1. The third kappa shape index (κ3) is 2.91. The minimum atomic E-state index is 0. The van der Waals surface area contributed by atoms with Gasteiger partial charge in [0.25, 0.3) is 0 Å². The van der Waals surface area contributed by atoms with Crippen molar-refractivity contribution in [1.82, 2.24) is 25.5 Å². The molecule has 7 heteroatoms. The summed E-state index contributed by atoms with van der Waals surface area (Å²) in [6, 6.07) is 8.36. The topological polar surface area (TPSA) is 58.9 Å². The molecule has 0 saturated carbocycles. The first-order valence-electron chi connectivity index (χ1n) is 6.72. The van der Waals surface area contributed by atoms with Crippen molar-refractivity contribution in [1.29, 1.82) is 0 Å². The monoisotopic (exact) mass is 294 g/mol. The first kappa shape index (κ1) is 14.7. The fourth-order valence-electron chi connectivity index (χ4n) is 2.32. The van der Waals surface area contributed by atoms with Crippen molar-refractivity contribution < 1.29 is 0 Å². The van der Waals surface area contributed by atoms with Crippen LogP contribution in [0.1, 0.15) is 12.5 Å². The van der Waals surface area contributed by atoms with E-state index < -0.39 is 0 Å². The number of anilines is 1. The lowest BCUT2D eigenvalue weighted by molar-refractivity contribution is 0.575. The van der Waals surface area contributed by atoms with Gasteiger partial charge in [-0.1, -0.05) is 24.2 Å². The van der Waals surface area contributed by atoms with Crippen molar-refractivity contribution in [2.75, 3.05) is 31.1 Å². The quantitative estimate of drug-likeness (QED) is 0.917. The molecule has 6 nitrogen and oxygen atoms in total. The van der Waals surface area contributed by atoms with E-state index in [0.29, 0.717) is 0 Å². The molecule has 3 rings (SSSR count). The molecule has 0 amide bonds. The van der Waals surface area contributed by atoms with Crippen molar-refractivity contribution in [3.63, 3.8) is 0 Å². The fourth-order valence-corrected chi connectivity index (χ4v) is 2.32.